The smallest absolute Gasteiger partial charge is 0.131 e. The van der Waals surface area contributed by atoms with Gasteiger partial charge < -0.3 is 5.73 Å². The third kappa shape index (κ3) is 2.51. The van der Waals surface area contributed by atoms with Crippen molar-refractivity contribution in [3.63, 3.8) is 0 Å². The maximum atomic E-state index is 6.38. The molecule has 21 heavy (non-hydrogen) atoms. The molecule has 0 fully saturated rings. The molecule has 2 N–H and O–H groups in total. The van der Waals surface area contributed by atoms with Crippen molar-refractivity contribution in [3.8, 4) is 16.3 Å². The van der Waals surface area contributed by atoms with E-state index in [2.05, 4.69) is 35.2 Å². The van der Waals surface area contributed by atoms with Crippen molar-refractivity contribution in [1.82, 2.24) is 9.78 Å². The third-order valence-electron chi connectivity index (χ3n) is 3.37. The molecular weight excluding hydrogens is 346 g/mol. The van der Waals surface area contributed by atoms with E-state index >= 15 is 0 Å². The van der Waals surface area contributed by atoms with Crippen molar-refractivity contribution in [2.45, 2.75) is 19.8 Å². The Balaban J connectivity index is 2.24. The lowest BCUT2D eigenvalue weighted by Gasteiger charge is -2.07. The number of hydrogen-bond acceptors (Lipinski definition) is 3. The van der Waals surface area contributed by atoms with Crippen LogP contribution in [-0.2, 0) is 0 Å². The van der Waals surface area contributed by atoms with Gasteiger partial charge in [0.1, 0.15) is 11.5 Å². The summed E-state index contributed by atoms with van der Waals surface area (Å²) in [6, 6.07) is 12.0. The predicted octanol–water partition coefficient (Wildman–Crippen LogP) is 5.07. The summed E-state index contributed by atoms with van der Waals surface area (Å²) in [4.78, 5) is 1.13. The Morgan fingerprint density at radius 1 is 1.19 bits per heavy atom. The summed E-state index contributed by atoms with van der Waals surface area (Å²) in [5.41, 5.74) is 9.43. The van der Waals surface area contributed by atoms with Gasteiger partial charge in [0.2, 0.25) is 0 Å². The first kappa shape index (κ1) is 14.4. The minimum absolute atomic E-state index is 0.312. The van der Waals surface area contributed by atoms with Crippen LogP contribution in [0.15, 0.2) is 46.3 Å². The topological polar surface area (TPSA) is 43.8 Å². The Hall–Kier alpha value is -1.59. The van der Waals surface area contributed by atoms with Crippen LogP contribution in [0, 0.1) is 0 Å². The molecule has 3 rings (SSSR count). The van der Waals surface area contributed by atoms with E-state index in [0.717, 1.165) is 26.3 Å². The number of nitrogen functional groups attached to an aromatic ring is 1. The van der Waals surface area contributed by atoms with Gasteiger partial charge in [-0.15, -0.1) is 11.3 Å². The Bertz CT molecular complexity index is 759. The van der Waals surface area contributed by atoms with Crippen molar-refractivity contribution in [3.05, 3.63) is 51.8 Å². The zero-order valence-corrected chi connectivity index (χ0v) is 14.3. The maximum absolute atomic E-state index is 6.38. The van der Waals surface area contributed by atoms with Crippen LogP contribution < -0.4 is 5.73 Å². The number of anilines is 1. The minimum Gasteiger partial charge on any atom is -0.383 e. The second-order valence-corrected chi connectivity index (χ2v) is 6.92. The van der Waals surface area contributed by atoms with Gasteiger partial charge in [0, 0.05) is 10.0 Å². The molecule has 0 aliphatic rings. The lowest BCUT2D eigenvalue weighted by Crippen LogP contribution is -2.03. The number of nitrogens with zero attached hydrogens (tertiary/aromatic N) is 2. The molecule has 1 aromatic carbocycles. The van der Waals surface area contributed by atoms with E-state index in [0.29, 0.717) is 11.7 Å². The summed E-state index contributed by atoms with van der Waals surface area (Å²) in [6.45, 7) is 4.29. The minimum atomic E-state index is 0.312. The van der Waals surface area contributed by atoms with Crippen molar-refractivity contribution < 1.29 is 0 Å². The fourth-order valence-electron chi connectivity index (χ4n) is 2.41. The van der Waals surface area contributed by atoms with E-state index in [4.69, 9.17) is 10.8 Å². The number of rotatable bonds is 3. The first-order chi connectivity index (χ1) is 10.1. The highest BCUT2D eigenvalue weighted by Crippen LogP contribution is 2.40. The maximum Gasteiger partial charge on any atom is 0.131 e. The number of benzene rings is 1. The SMILES string of the molecule is CC(C)c1c(-c2sccc2Br)nn(-c2ccccc2)c1N. The number of aromatic nitrogens is 2. The van der Waals surface area contributed by atoms with Crippen LogP contribution in [0.4, 0.5) is 5.82 Å². The van der Waals surface area contributed by atoms with Crippen LogP contribution in [0.3, 0.4) is 0 Å². The zero-order valence-electron chi connectivity index (χ0n) is 11.9. The quantitative estimate of drug-likeness (QED) is 0.707. The van der Waals surface area contributed by atoms with Crippen LogP contribution in [0.25, 0.3) is 16.3 Å². The van der Waals surface area contributed by atoms with Gasteiger partial charge in [0.15, 0.2) is 0 Å². The molecule has 0 unspecified atom stereocenters. The molecule has 108 valence electrons. The van der Waals surface area contributed by atoms with Gasteiger partial charge in [0.25, 0.3) is 0 Å². The Morgan fingerprint density at radius 3 is 2.48 bits per heavy atom. The number of hydrogen-bond donors (Lipinski definition) is 1. The molecule has 0 aliphatic carbocycles. The highest BCUT2D eigenvalue weighted by Gasteiger charge is 2.22. The molecule has 0 radical (unpaired) electrons. The fraction of sp³-hybridized carbons (Fsp3) is 0.188. The molecule has 0 atom stereocenters. The van der Waals surface area contributed by atoms with Crippen LogP contribution in [0.1, 0.15) is 25.3 Å². The molecular formula is C16H16BrN3S. The average molecular weight is 362 g/mol. The second kappa shape index (κ2) is 5.66. The summed E-state index contributed by atoms with van der Waals surface area (Å²) in [7, 11) is 0. The predicted molar refractivity (Wildman–Crippen MR) is 93.1 cm³/mol. The van der Waals surface area contributed by atoms with Crippen molar-refractivity contribution in [2.75, 3.05) is 5.73 Å². The Morgan fingerprint density at radius 2 is 1.90 bits per heavy atom. The molecule has 0 saturated heterocycles. The number of nitrogens with two attached hydrogens (primary N) is 1. The van der Waals surface area contributed by atoms with Gasteiger partial charge in [-0.25, -0.2) is 4.68 Å². The van der Waals surface area contributed by atoms with E-state index < -0.39 is 0 Å². The van der Waals surface area contributed by atoms with E-state index in [-0.39, 0.29) is 0 Å². The molecule has 0 spiro atoms. The summed E-state index contributed by atoms with van der Waals surface area (Å²) < 4.78 is 2.89. The third-order valence-corrected chi connectivity index (χ3v) is 5.21. The number of para-hydroxylation sites is 1. The molecule has 5 heteroatoms. The summed E-state index contributed by atoms with van der Waals surface area (Å²) in [6.07, 6.45) is 0. The molecule has 3 nitrogen and oxygen atoms in total. The van der Waals surface area contributed by atoms with E-state index in [1.54, 1.807) is 11.3 Å². The van der Waals surface area contributed by atoms with Crippen LogP contribution in [0.2, 0.25) is 0 Å². The molecule has 0 amide bonds. The Kier molecular flexibility index (Phi) is 3.87. The van der Waals surface area contributed by atoms with Crippen LogP contribution in [-0.4, -0.2) is 9.78 Å². The normalized spacial score (nSPS) is 11.2. The van der Waals surface area contributed by atoms with E-state index in [9.17, 15) is 0 Å². The molecule has 0 aliphatic heterocycles. The highest BCUT2D eigenvalue weighted by molar-refractivity contribution is 9.10. The van der Waals surface area contributed by atoms with Crippen molar-refractivity contribution in [1.29, 1.82) is 0 Å². The van der Waals surface area contributed by atoms with Gasteiger partial charge in [-0.05, 0) is 45.4 Å². The number of thiophene rings is 1. The van der Waals surface area contributed by atoms with Crippen molar-refractivity contribution in [2.24, 2.45) is 0 Å². The standard InChI is InChI=1S/C16H16BrN3S/c1-10(2)13-14(15-12(17)8-9-21-15)19-20(16(13)18)11-6-4-3-5-7-11/h3-10H,18H2,1-2H3. The van der Waals surface area contributed by atoms with Gasteiger partial charge in [-0.3, -0.25) is 0 Å². The molecule has 3 aromatic rings. The number of halogens is 1. The Labute approximate surface area is 136 Å². The zero-order chi connectivity index (χ0) is 15.0. The largest absolute Gasteiger partial charge is 0.383 e. The van der Waals surface area contributed by atoms with E-state index in [1.165, 1.54) is 0 Å². The average Bonchev–Trinajstić information content (AvgIpc) is 3.03. The lowest BCUT2D eigenvalue weighted by molar-refractivity contribution is 0.868. The summed E-state index contributed by atoms with van der Waals surface area (Å²) in [5.74, 6) is 1.03. The highest BCUT2D eigenvalue weighted by atomic mass is 79.9. The molecule has 2 aromatic heterocycles. The first-order valence-electron chi connectivity index (χ1n) is 6.76. The van der Waals surface area contributed by atoms with Crippen molar-refractivity contribution >= 4 is 33.1 Å². The van der Waals surface area contributed by atoms with Gasteiger partial charge in [-0.2, -0.15) is 5.10 Å². The molecule has 2 heterocycles. The van der Waals surface area contributed by atoms with Gasteiger partial charge in [-0.1, -0.05) is 32.0 Å². The van der Waals surface area contributed by atoms with Crippen LogP contribution >= 0.6 is 27.3 Å². The monoisotopic (exact) mass is 361 g/mol. The fourth-order valence-corrected chi connectivity index (χ4v) is 3.97. The first-order valence-corrected chi connectivity index (χ1v) is 8.44. The second-order valence-electron chi connectivity index (χ2n) is 5.15. The van der Waals surface area contributed by atoms with Gasteiger partial charge in [0.05, 0.1) is 10.6 Å². The van der Waals surface area contributed by atoms with Gasteiger partial charge >= 0.3 is 0 Å². The summed E-state index contributed by atoms with van der Waals surface area (Å²) >= 11 is 5.27. The molecule has 0 saturated carbocycles. The molecule has 0 bridgehead atoms. The van der Waals surface area contributed by atoms with E-state index in [1.807, 2.05) is 41.1 Å². The summed E-state index contributed by atoms with van der Waals surface area (Å²) in [5, 5.41) is 6.83. The lowest BCUT2D eigenvalue weighted by atomic mass is 10.0. The van der Waals surface area contributed by atoms with Crippen LogP contribution in [0.5, 0.6) is 0 Å².